The second kappa shape index (κ2) is 11.5. The lowest BCUT2D eigenvalue weighted by atomic mass is 10.2. The van der Waals surface area contributed by atoms with Gasteiger partial charge in [-0.3, -0.25) is 4.99 Å². The molecular formula is C20H30IN5OS. The van der Waals surface area contributed by atoms with Gasteiger partial charge in [-0.05, 0) is 30.7 Å². The third-order valence-corrected chi connectivity index (χ3v) is 6.00. The van der Waals surface area contributed by atoms with E-state index >= 15 is 0 Å². The highest BCUT2D eigenvalue weighted by molar-refractivity contribution is 14.0. The van der Waals surface area contributed by atoms with Gasteiger partial charge in [-0.25, -0.2) is 4.98 Å². The van der Waals surface area contributed by atoms with E-state index in [2.05, 4.69) is 44.1 Å². The molecule has 1 N–H and O–H groups in total. The smallest absolute Gasteiger partial charge is 0.193 e. The van der Waals surface area contributed by atoms with Gasteiger partial charge in [0.2, 0.25) is 0 Å². The maximum absolute atomic E-state index is 5.24. The largest absolute Gasteiger partial charge is 0.497 e. The monoisotopic (exact) mass is 515 g/mol. The van der Waals surface area contributed by atoms with Gasteiger partial charge >= 0.3 is 0 Å². The molecule has 3 rings (SSSR count). The summed E-state index contributed by atoms with van der Waals surface area (Å²) in [4.78, 5) is 15.0. The number of thiazole rings is 1. The molecule has 2 heterocycles. The van der Waals surface area contributed by atoms with E-state index in [1.165, 1.54) is 15.6 Å². The number of methoxy groups -OCH3 is 1. The Bertz CT molecular complexity index is 741. The second-order valence-electron chi connectivity index (χ2n) is 6.47. The highest BCUT2D eigenvalue weighted by Gasteiger charge is 2.19. The lowest BCUT2D eigenvalue weighted by Gasteiger charge is -2.37. The molecule has 0 amide bonds. The number of aryl methyl sites for hydroxylation is 1. The van der Waals surface area contributed by atoms with Gasteiger partial charge in [-0.2, -0.15) is 0 Å². The van der Waals surface area contributed by atoms with E-state index in [0.717, 1.165) is 57.3 Å². The van der Waals surface area contributed by atoms with Crippen LogP contribution in [0.3, 0.4) is 0 Å². The van der Waals surface area contributed by atoms with E-state index in [4.69, 9.17) is 4.74 Å². The SMILES string of the molecule is CCc1cnc(CCNC(=NC)N2CCN(c3ccc(OC)cc3)CC2)s1.I. The zero-order valence-corrected chi connectivity index (χ0v) is 20.0. The number of rotatable bonds is 6. The maximum atomic E-state index is 5.24. The summed E-state index contributed by atoms with van der Waals surface area (Å²) in [6.45, 7) is 6.93. The van der Waals surface area contributed by atoms with Gasteiger partial charge < -0.3 is 19.9 Å². The van der Waals surface area contributed by atoms with Crippen LogP contribution >= 0.6 is 35.3 Å². The molecule has 1 aliphatic heterocycles. The number of piperazine rings is 1. The molecule has 154 valence electrons. The van der Waals surface area contributed by atoms with Crippen LogP contribution in [0.15, 0.2) is 35.5 Å². The number of hydrogen-bond donors (Lipinski definition) is 1. The third kappa shape index (κ3) is 5.97. The number of anilines is 1. The number of ether oxygens (including phenoxy) is 1. The standard InChI is InChI=1S/C20H29N5OS.HI/c1-4-18-15-23-19(27-18)9-10-22-20(21-2)25-13-11-24(12-14-25)16-5-7-17(26-3)8-6-16;/h5-8,15H,4,9-14H2,1-3H3,(H,21,22);1H. The van der Waals surface area contributed by atoms with Crippen LogP contribution in [0.25, 0.3) is 0 Å². The zero-order chi connectivity index (χ0) is 19.1. The Balaban J connectivity index is 0.00000280. The normalized spacial score (nSPS) is 14.6. The minimum atomic E-state index is 0. The third-order valence-electron chi connectivity index (χ3n) is 4.80. The Morgan fingerprint density at radius 3 is 2.50 bits per heavy atom. The van der Waals surface area contributed by atoms with Crippen molar-refractivity contribution in [3.63, 3.8) is 0 Å². The average Bonchev–Trinajstić information content (AvgIpc) is 3.19. The summed E-state index contributed by atoms with van der Waals surface area (Å²) < 4.78 is 5.24. The first-order chi connectivity index (χ1) is 13.2. The van der Waals surface area contributed by atoms with Crippen molar-refractivity contribution in [3.05, 3.63) is 40.3 Å². The topological polar surface area (TPSA) is 53.0 Å². The van der Waals surface area contributed by atoms with Gasteiger partial charge in [0, 0.05) is 63.0 Å². The Morgan fingerprint density at radius 2 is 1.93 bits per heavy atom. The Hall–Kier alpha value is -1.55. The van der Waals surface area contributed by atoms with Gasteiger partial charge in [0.25, 0.3) is 0 Å². The predicted molar refractivity (Wildman–Crippen MR) is 129 cm³/mol. The molecular weight excluding hydrogens is 485 g/mol. The number of benzene rings is 1. The van der Waals surface area contributed by atoms with Crippen LogP contribution in [0, 0.1) is 0 Å². The number of nitrogens with one attached hydrogen (secondary N) is 1. The van der Waals surface area contributed by atoms with Gasteiger partial charge in [0.05, 0.1) is 12.1 Å². The summed E-state index contributed by atoms with van der Waals surface area (Å²) in [5.41, 5.74) is 1.24. The fourth-order valence-corrected chi connectivity index (χ4v) is 4.07. The van der Waals surface area contributed by atoms with Gasteiger partial charge in [0.15, 0.2) is 5.96 Å². The summed E-state index contributed by atoms with van der Waals surface area (Å²) in [7, 11) is 3.56. The van der Waals surface area contributed by atoms with Gasteiger partial charge in [0.1, 0.15) is 5.75 Å². The van der Waals surface area contributed by atoms with Crippen molar-refractivity contribution in [1.29, 1.82) is 0 Å². The number of guanidine groups is 1. The fraction of sp³-hybridized carbons (Fsp3) is 0.500. The number of aliphatic imine (C=N–C) groups is 1. The number of halogens is 1. The van der Waals surface area contributed by atoms with Crippen LogP contribution in [0.2, 0.25) is 0 Å². The van der Waals surface area contributed by atoms with Crippen molar-refractivity contribution in [1.82, 2.24) is 15.2 Å². The molecule has 0 unspecified atom stereocenters. The fourth-order valence-electron chi connectivity index (χ4n) is 3.21. The van der Waals surface area contributed by atoms with Crippen LogP contribution in [-0.2, 0) is 12.8 Å². The van der Waals surface area contributed by atoms with Crippen molar-refractivity contribution in [3.8, 4) is 5.75 Å². The highest BCUT2D eigenvalue weighted by Crippen LogP contribution is 2.20. The molecule has 1 fully saturated rings. The average molecular weight is 515 g/mol. The van der Waals surface area contributed by atoms with Crippen LogP contribution in [0.4, 0.5) is 5.69 Å². The lowest BCUT2D eigenvalue weighted by Crippen LogP contribution is -2.52. The first-order valence-electron chi connectivity index (χ1n) is 9.51. The van der Waals surface area contributed by atoms with E-state index in [9.17, 15) is 0 Å². The molecule has 1 saturated heterocycles. The van der Waals surface area contributed by atoms with E-state index in [1.807, 2.05) is 36.7 Å². The van der Waals surface area contributed by atoms with E-state index < -0.39 is 0 Å². The number of nitrogens with zero attached hydrogens (tertiary/aromatic N) is 4. The second-order valence-corrected chi connectivity index (χ2v) is 7.67. The molecule has 0 radical (unpaired) electrons. The van der Waals surface area contributed by atoms with Crippen molar-refractivity contribution < 1.29 is 4.74 Å². The Labute approximate surface area is 189 Å². The molecule has 1 aromatic carbocycles. The highest BCUT2D eigenvalue weighted by atomic mass is 127. The molecule has 0 aliphatic carbocycles. The van der Waals surface area contributed by atoms with Crippen molar-refractivity contribution >= 4 is 47.0 Å². The van der Waals surface area contributed by atoms with Gasteiger partial charge in [-0.15, -0.1) is 35.3 Å². The molecule has 6 nitrogen and oxygen atoms in total. The van der Waals surface area contributed by atoms with Crippen LogP contribution < -0.4 is 15.0 Å². The summed E-state index contributed by atoms with van der Waals surface area (Å²) in [6.07, 6.45) is 3.99. The summed E-state index contributed by atoms with van der Waals surface area (Å²) in [5.74, 6) is 1.88. The van der Waals surface area contributed by atoms with Crippen LogP contribution in [-0.4, -0.2) is 62.7 Å². The van der Waals surface area contributed by atoms with E-state index in [-0.39, 0.29) is 24.0 Å². The molecule has 8 heteroatoms. The molecule has 0 bridgehead atoms. The van der Waals surface area contributed by atoms with Crippen molar-refractivity contribution in [2.24, 2.45) is 4.99 Å². The maximum Gasteiger partial charge on any atom is 0.193 e. The van der Waals surface area contributed by atoms with Crippen LogP contribution in [0.5, 0.6) is 5.75 Å². The predicted octanol–water partition coefficient (Wildman–Crippen LogP) is 3.27. The van der Waals surface area contributed by atoms with E-state index in [0.29, 0.717) is 0 Å². The summed E-state index contributed by atoms with van der Waals surface area (Å²) in [6, 6.07) is 8.29. The van der Waals surface area contributed by atoms with Crippen molar-refractivity contribution in [2.45, 2.75) is 19.8 Å². The number of hydrogen-bond acceptors (Lipinski definition) is 5. The first-order valence-corrected chi connectivity index (χ1v) is 10.3. The summed E-state index contributed by atoms with van der Waals surface area (Å²) >= 11 is 1.81. The van der Waals surface area contributed by atoms with Crippen molar-refractivity contribution in [2.75, 3.05) is 51.8 Å². The Morgan fingerprint density at radius 1 is 1.21 bits per heavy atom. The minimum absolute atomic E-state index is 0. The molecule has 0 saturated carbocycles. The quantitative estimate of drug-likeness (QED) is 0.364. The molecule has 28 heavy (non-hydrogen) atoms. The molecule has 1 aromatic heterocycles. The van der Waals surface area contributed by atoms with Gasteiger partial charge in [-0.1, -0.05) is 6.92 Å². The lowest BCUT2D eigenvalue weighted by molar-refractivity contribution is 0.373. The first kappa shape index (κ1) is 22.7. The molecule has 0 spiro atoms. The molecule has 1 aliphatic rings. The number of aromatic nitrogens is 1. The van der Waals surface area contributed by atoms with E-state index in [1.54, 1.807) is 7.11 Å². The molecule has 0 atom stereocenters. The summed E-state index contributed by atoms with van der Waals surface area (Å²) in [5, 5.41) is 4.69. The van der Waals surface area contributed by atoms with Crippen LogP contribution in [0.1, 0.15) is 16.8 Å². The zero-order valence-electron chi connectivity index (χ0n) is 16.9. The minimum Gasteiger partial charge on any atom is -0.497 e. The Kier molecular flexibility index (Phi) is 9.30. The molecule has 2 aromatic rings.